The van der Waals surface area contributed by atoms with Crippen molar-refractivity contribution in [1.82, 2.24) is 15.3 Å². The largest absolute Gasteiger partial charge is 0.307 e. The first kappa shape index (κ1) is 11.7. The lowest BCUT2D eigenvalue weighted by molar-refractivity contribution is 0.642. The van der Waals surface area contributed by atoms with Crippen LogP contribution in [0.4, 0.5) is 0 Å². The number of nitrogens with one attached hydrogen (secondary N) is 1. The van der Waals surface area contributed by atoms with Crippen molar-refractivity contribution in [1.29, 1.82) is 0 Å². The molecular weight excluding hydrogens is 210 g/mol. The summed E-state index contributed by atoms with van der Waals surface area (Å²) in [5, 5.41) is 3.28. The Hall–Kier alpha value is -1.74. The van der Waals surface area contributed by atoms with Gasteiger partial charge < -0.3 is 5.32 Å². The van der Waals surface area contributed by atoms with E-state index in [9.17, 15) is 0 Å². The van der Waals surface area contributed by atoms with Gasteiger partial charge in [0.25, 0.3) is 0 Å². The van der Waals surface area contributed by atoms with E-state index in [0.717, 1.165) is 5.82 Å². The van der Waals surface area contributed by atoms with Crippen LogP contribution >= 0.6 is 0 Å². The Labute approximate surface area is 102 Å². The predicted molar refractivity (Wildman–Crippen MR) is 68.9 cm³/mol. The number of rotatable bonds is 3. The van der Waals surface area contributed by atoms with E-state index >= 15 is 0 Å². The molecule has 2 rings (SSSR count). The molecule has 1 atom stereocenters. The van der Waals surface area contributed by atoms with E-state index in [4.69, 9.17) is 0 Å². The van der Waals surface area contributed by atoms with Crippen molar-refractivity contribution in [2.75, 3.05) is 7.05 Å². The van der Waals surface area contributed by atoms with Crippen LogP contribution in [0.1, 0.15) is 28.6 Å². The van der Waals surface area contributed by atoms with Gasteiger partial charge in [0.15, 0.2) is 0 Å². The van der Waals surface area contributed by atoms with Crippen LogP contribution in [-0.4, -0.2) is 17.0 Å². The van der Waals surface area contributed by atoms with E-state index in [0.29, 0.717) is 0 Å². The van der Waals surface area contributed by atoms with Crippen molar-refractivity contribution in [2.24, 2.45) is 0 Å². The number of nitrogens with zero attached hydrogens (tertiary/aromatic N) is 2. The zero-order valence-electron chi connectivity index (χ0n) is 10.4. The molecule has 0 spiro atoms. The van der Waals surface area contributed by atoms with E-state index < -0.39 is 0 Å². The maximum Gasteiger partial charge on any atom is 0.149 e. The van der Waals surface area contributed by atoms with Crippen LogP contribution in [0.25, 0.3) is 0 Å². The number of aryl methyl sites for hydroxylation is 1. The molecule has 0 radical (unpaired) electrons. The van der Waals surface area contributed by atoms with Crippen LogP contribution < -0.4 is 5.32 Å². The molecule has 0 saturated carbocycles. The van der Waals surface area contributed by atoms with E-state index in [1.54, 1.807) is 12.4 Å². The highest BCUT2D eigenvalue weighted by molar-refractivity contribution is 5.37. The van der Waals surface area contributed by atoms with Crippen molar-refractivity contribution in [2.45, 2.75) is 19.9 Å². The lowest BCUT2D eigenvalue weighted by Gasteiger charge is -2.18. The molecule has 1 N–H and O–H groups in total. The standard InChI is InChI=1S/C14H17N3/c1-10-6-4-7-12(11(10)2)13(15-3)14-16-8-5-9-17-14/h4-9,13,15H,1-3H3. The maximum absolute atomic E-state index is 4.32. The van der Waals surface area contributed by atoms with Gasteiger partial charge in [-0.15, -0.1) is 0 Å². The molecule has 0 aliphatic carbocycles. The van der Waals surface area contributed by atoms with Crippen LogP contribution in [0.2, 0.25) is 0 Å². The SMILES string of the molecule is CNC(c1ncccn1)c1cccc(C)c1C. The average Bonchev–Trinajstić information content (AvgIpc) is 2.37. The van der Waals surface area contributed by atoms with Crippen LogP contribution in [0.15, 0.2) is 36.7 Å². The Morgan fingerprint density at radius 1 is 1.06 bits per heavy atom. The second kappa shape index (κ2) is 5.06. The lowest BCUT2D eigenvalue weighted by Crippen LogP contribution is -2.21. The maximum atomic E-state index is 4.32. The molecule has 1 heterocycles. The third-order valence-corrected chi connectivity index (χ3v) is 3.09. The van der Waals surface area contributed by atoms with Crippen LogP contribution in [0, 0.1) is 13.8 Å². The molecule has 0 aliphatic heterocycles. The molecule has 1 unspecified atom stereocenters. The van der Waals surface area contributed by atoms with Gasteiger partial charge in [-0.3, -0.25) is 0 Å². The Morgan fingerprint density at radius 3 is 2.41 bits per heavy atom. The van der Waals surface area contributed by atoms with Crippen LogP contribution in [0.3, 0.4) is 0 Å². The Morgan fingerprint density at radius 2 is 1.76 bits per heavy atom. The fourth-order valence-electron chi connectivity index (χ4n) is 1.97. The van der Waals surface area contributed by atoms with Gasteiger partial charge in [-0.1, -0.05) is 18.2 Å². The minimum absolute atomic E-state index is 0.0519. The minimum Gasteiger partial charge on any atom is -0.307 e. The molecule has 1 aromatic carbocycles. The summed E-state index contributed by atoms with van der Waals surface area (Å²) in [6.07, 6.45) is 3.55. The minimum atomic E-state index is 0.0519. The highest BCUT2D eigenvalue weighted by atomic mass is 15.0. The molecule has 0 bridgehead atoms. The monoisotopic (exact) mass is 227 g/mol. The summed E-state index contributed by atoms with van der Waals surface area (Å²) in [7, 11) is 1.93. The second-order valence-corrected chi connectivity index (χ2v) is 4.12. The first-order chi connectivity index (χ1) is 8.24. The molecule has 0 fully saturated rings. The zero-order chi connectivity index (χ0) is 12.3. The van der Waals surface area contributed by atoms with Gasteiger partial charge in [-0.05, 0) is 43.7 Å². The van der Waals surface area contributed by atoms with Crippen molar-refractivity contribution >= 4 is 0 Å². The first-order valence-electron chi connectivity index (χ1n) is 5.74. The van der Waals surface area contributed by atoms with E-state index in [1.807, 2.05) is 13.1 Å². The predicted octanol–water partition coefficient (Wildman–Crippen LogP) is 2.40. The summed E-state index contributed by atoms with van der Waals surface area (Å²) in [6, 6.07) is 8.21. The van der Waals surface area contributed by atoms with Crippen molar-refractivity contribution in [3.05, 3.63) is 59.2 Å². The van der Waals surface area contributed by atoms with E-state index in [-0.39, 0.29) is 6.04 Å². The number of hydrogen-bond acceptors (Lipinski definition) is 3. The fraction of sp³-hybridized carbons (Fsp3) is 0.286. The van der Waals surface area contributed by atoms with E-state index in [2.05, 4.69) is 47.3 Å². The van der Waals surface area contributed by atoms with Gasteiger partial charge in [0.05, 0.1) is 6.04 Å². The molecule has 17 heavy (non-hydrogen) atoms. The fourth-order valence-corrected chi connectivity index (χ4v) is 1.97. The normalized spacial score (nSPS) is 12.4. The highest BCUT2D eigenvalue weighted by Crippen LogP contribution is 2.23. The summed E-state index contributed by atoms with van der Waals surface area (Å²) in [6.45, 7) is 4.26. The first-order valence-corrected chi connectivity index (χ1v) is 5.74. The molecule has 2 aromatic rings. The van der Waals surface area contributed by atoms with Crippen molar-refractivity contribution < 1.29 is 0 Å². The molecular formula is C14H17N3. The quantitative estimate of drug-likeness (QED) is 0.875. The molecule has 0 aliphatic rings. The zero-order valence-corrected chi connectivity index (χ0v) is 10.4. The summed E-state index contributed by atoms with van der Waals surface area (Å²) < 4.78 is 0. The molecule has 88 valence electrons. The molecule has 3 nitrogen and oxygen atoms in total. The third-order valence-electron chi connectivity index (χ3n) is 3.09. The number of hydrogen-bond donors (Lipinski definition) is 1. The lowest BCUT2D eigenvalue weighted by atomic mass is 9.97. The van der Waals surface area contributed by atoms with Gasteiger partial charge in [-0.2, -0.15) is 0 Å². The summed E-state index contributed by atoms with van der Waals surface area (Å²) in [4.78, 5) is 8.65. The van der Waals surface area contributed by atoms with Gasteiger partial charge >= 0.3 is 0 Å². The second-order valence-electron chi connectivity index (χ2n) is 4.12. The molecule has 0 amide bonds. The highest BCUT2D eigenvalue weighted by Gasteiger charge is 2.16. The van der Waals surface area contributed by atoms with Crippen molar-refractivity contribution in [3.63, 3.8) is 0 Å². The summed E-state index contributed by atoms with van der Waals surface area (Å²) in [5.74, 6) is 0.809. The van der Waals surface area contributed by atoms with Gasteiger partial charge in [0.2, 0.25) is 0 Å². The Balaban J connectivity index is 2.46. The van der Waals surface area contributed by atoms with Crippen LogP contribution in [0.5, 0.6) is 0 Å². The third kappa shape index (κ3) is 2.34. The average molecular weight is 227 g/mol. The Bertz CT molecular complexity index is 494. The van der Waals surface area contributed by atoms with Gasteiger partial charge in [0, 0.05) is 12.4 Å². The topological polar surface area (TPSA) is 37.8 Å². The smallest absolute Gasteiger partial charge is 0.149 e. The Kier molecular flexibility index (Phi) is 3.49. The van der Waals surface area contributed by atoms with Crippen molar-refractivity contribution in [3.8, 4) is 0 Å². The van der Waals surface area contributed by atoms with Gasteiger partial charge in [-0.25, -0.2) is 9.97 Å². The number of benzene rings is 1. The van der Waals surface area contributed by atoms with Crippen LogP contribution in [-0.2, 0) is 0 Å². The van der Waals surface area contributed by atoms with E-state index in [1.165, 1.54) is 16.7 Å². The van der Waals surface area contributed by atoms with Gasteiger partial charge in [0.1, 0.15) is 5.82 Å². The summed E-state index contributed by atoms with van der Waals surface area (Å²) >= 11 is 0. The summed E-state index contributed by atoms with van der Waals surface area (Å²) in [5.41, 5.74) is 3.82. The molecule has 3 heteroatoms. The molecule has 1 aromatic heterocycles. The number of aromatic nitrogens is 2. The molecule has 0 saturated heterocycles.